The third kappa shape index (κ3) is 4.23. The lowest BCUT2D eigenvalue weighted by Crippen LogP contribution is -2.12. The van der Waals surface area contributed by atoms with E-state index in [-0.39, 0.29) is 22.8 Å². The Morgan fingerprint density at radius 1 is 1.09 bits per heavy atom. The summed E-state index contributed by atoms with van der Waals surface area (Å²) in [6.07, 6.45) is 0.500. The van der Waals surface area contributed by atoms with Crippen LogP contribution < -0.4 is 4.74 Å². The van der Waals surface area contributed by atoms with E-state index in [0.29, 0.717) is 11.4 Å². The van der Waals surface area contributed by atoms with Crippen LogP contribution in [0.25, 0.3) is 0 Å². The fraction of sp³-hybridized carbons (Fsp3) is 0.125. The first-order valence-electron chi connectivity index (χ1n) is 6.44. The summed E-state index contributed by atoms with van der Waals surface area (Å²) < 4.78 is 5.10. The second-order valence-corrected chi connectivity index (χ2v) is 5.35. The smallest absolute Gasteiger partial charge is 0.339 e. The highest BCUT2D eigenvalue weighted by atomic mass is 35.5. The fourth-order valence-corrected chi connectivity index (χ4v) is 2.27. The molecule has 22 heavy (non-hydrogen) atoms. The minimum atomic E-state index is -1.21. The molecule has 0 aromatic heterocycles. The molecule has 2 aromatic carbocycles. The van der Waals surface area contributed by atoms with Crippen LogP contribution in [0.3, 0.4) is 0 Å². The molecular formula is C16H12Cl2O4. The van der Waals surface area contributed by atoms with Crippen LogP contribution in [0.2, 0.25) is 10.0 Å². The molecule has 2 rings (SSSR count). The molecule has 0 spiro atoms. The Bertz CT molecular complexity index is 713. The summed E-state index contributed by atoms with van der Waals surface area (Å²) in [5, 5.41) is 9.91. The Hall–Kier alpha value is -2.04. The zero-order valence-corrected chi connectivity index (χ0v) is 12.9. The Kier molecular flexibility index (Phi) is 5.41. The van der Waals surface area contributed by atoms with E-state index in [0.717, 1.165) is 5.56 Å². The lowest BCUT2D eigenvalue weighted by Gasteiger charge is -2.08. The van der Waals surface area contributed by atoms with E-state index >= 15 is 0 Å². The summed E-state index contributed by atoms with van der Waals surface area (Å²) >= 11 is 11.7. The first-order valence-corrected chi connectivity index (χ1v) is 7.20. The Morgan fingerprint density at radius 3 is 2.50 bits per heavy atom. The average molecular weight is 339 g/mol. The van der Waals surface area contributed by atoms with Gasteiger partial charge in [0.2, 0.25) is 0 Å². The number of halogens is 2. The Balaban J connectivity index is 2.04. The lowest BCUT2D eigenvalue weighted by molar-refractivity contribution is -0.134. The number of aryl methyl sites for hydroxylation is 1. The summed E-state index contributed by atoms with van der Waals surface area (Å²) in [5.41, 5.74) is 0.675. The van der Waals surface area contributed by atoms with E-state index in [9.17, 15) is 9.59 Å². The standard InChI is InChI=1S/C16H12Cl2O4/c17-11-6-7-14(12(9-11)16(20)21)22-15(19)8-5-10-3-1-2-4-13(10)18/h1-4,6-7,9H,5,8H2,(H,20,21). The number of rotatable bonds is 5. The number of benzene rings is 2. The number of carbonyl (C=O) groups is 2. The Labute approximate surface area is 137 Å². The van der Waals surface area contributed by atoms with E-state index in [1.165, 1.54) is 18.2 Å². The van der Waals surface area contributed by atoms with Gasteiger partial charge in [0.1, 0.15) is 11.3 Å². The average Bonchev–Trinajstić information content (AvgIpc) is 2.48. The van der Waals surface area contributed by atoms with Crippen molar-refractivity contribution in [3.05, 3.63) is 63.6 Å². The minimum Gasteiger partial charge on any atom is -0.478 e. The third-order valence-electron chi connectivity index (χ3n) is 2.95. The largest absolute Gasteiger partial charge is 0.478 e. The molecule has 0 aliphatic heterocycles. The van der Waals surface area contributed by atoms with Gasteiger partial charge in [0.05, 0.1) is 6.42 Å². The molecule has 0 aliphatic carbocycles. The van der Waals surface area contributed by atoms with Crippen molar-refractivity contribution in [2.45, 2.75) is 12.8 Å². The van der Waals surface area contributed by atoms with Gasteiger partial charge in [-0.25, -0.2) is 4.79 Å². The van der Waals surface area contributed by atoms with Crippen LogP contribution in [0, 0.1) is 0 Å². The summed E-state index contributed by atoms with van der Waals surface area (Å²) in [4.78, 5) is 23.0. The quantitative estimate of drug-likeness (QED) is 0.654. The van der Waals surface area contributed by atoms with Gasteiger partial charge in [0.25, 0.3) is 0 Å². The summed E-state index contributed by atoms with van der Waals surface area (Å²) in [6, 6.07) is 11.3. The fourth-order valence-electron chi connectivity index (χ4n) is 1.87. The number of hydrogen-bond acceptors (Lipinski definition) is 3. The molecule has 0 bridgehead atoms. The zero-order chi connectivity index (χ0) is 16.1. The van der Waals surface area contributed by atoms with Gasteiger partial charge in [-0.3, -0.25) is 4.79 Å². The van der Waals surface area contributed by atoms with Gasteiger partial charge in [-0.1, -0.05) is 41.4 Å². The van der Waals surface area contributed by atoms with Crippen molar-refractivity contribution in [2.75, 3.05) is 0 Å². The molecule has 6 heteroatoms. The van der Waals surface area contributed by atoms with Crippen LogP contribution >= 0.6 is 23.2 Å². The van der Waals surface area contributed by atoms with Gasteiger partial charge in [-0.2, -0.15) is 0 Å². The molecule has 2 aromatic rings. The third-order valence-corrected chi connectivity index (χ3v) is 3.56. The number of aromatic carboxylic acids is 1. The number of ether oxygens (including phenoxy) is 1. The minimum absolute atomic E-state index is 0.0268. The molecule has 0 aliphatic rings. The van der Waals surface area contributed by atoms with Gasteiger partial charge in [0, 0.05) is 10.0 Å². The maximum absolute atomic E-state index is 11.9. The van der Waals surface area contributed by atoms with Crippen molar-refractivity contribution in [1.29, 1.82) is 0 Å². The van der Waals surface area contributed by atoms with Crippen LogP contribution in [0.4, 0.5) is 0 Å². The molecule has 0 atom stereocenters. The summed E-state index contributed by atoms with van der Waals surface area (Å²) in [5.74, 6) is -1.78. The van der Waals surface area contributed by atoms with Crippen LogP contribution in [0.5, 0.6) is 5.75 Å². The normalized spacial score (nSPS) is 10.3. The highest BCUT2D eigenvalue weighted by Gasteiger charge is 2.15. The van der Waals surface area contributed by atoms with Crippen molar-refractivity contribution >= 4 is 35.1 Å². The first-order chi connectivity index (χ1) is 10.5. The van der Waals surface area contributed by atoms with Crippen LogP contribution in [-0.2, 0) is 11.2 Å². The number of carboxylic acid groups (broad SMARTS) is 1. The van der Waals surface area contributed by atoms with Gasteiger partial charge >= 0.3 is 11.9 Å². The number of carboxylic acids is 1. The van der Waals surface area contributed by atoms with E-state index < -0.39 is 11.9 Å². The Morgan fingerprint density at radius 2 is 1.82 bits per heavy atom. The van der Waals surface area contributed by atoms with E-state index in [2.05, 4.69) is 0 Å². The molecule has 1 N–H and O–H groups in total. The van der Waals surface area contributed by atoms with Gasteiger partial charge in [-0.05, 0) is 36.2 Å². The highest BCUT2D eigenvalue weighted by Crippen LogP contribution is 2.24. The van der Waals surface area contributed by atoms with E-state index in [4.69, 9.17) is 33.0 Å². The molecule has 0 radical (unpaired) electrons. The predicted octanol–water partition coefficient (Wildman–Crippen LogP) is 4.23. The maximum atomic E-state index is 11.9. The molecule has 0 saturated heterocycles. The molecular weight excluding hydrogens is 327 g/mol. The van der Waals surface area contributed by atoms with Gasteiger partial charge < -0.3 is 9.84 Å². The van der Waals surface area contributed by atoms with Crippen LogP contribution in [-0.4, -0.2) is 17.0 Å². The molecule has 0 heterocycles. The van der Waals surface area contributed by atoms with Crippen molar-refractivity contribution < 1.29 is 19.4 Å². The van der Waals surface area contributed by atoms with Crippen LogP contribution in [0.15, 0.2) is 42.5 Å². The molecule has 0 unspecified atom stereocenters. The molecule has 0 fully saturated rings. The maximum Gasteiger partial charge on any atom is 0.339 e. The van der Waals surface area contributed by atoms with Crippen molar-refractivity contribution in [3.63, 3.8) is 0 Å². The summed E-state index contributed by atoms with van der Waals surface area (Å²) in [7, 11) is 0. The monoisotopic (exact) mass is 338 g/mol. The first kappa shape index (κ1) is 16.3. The lowest BCUT2D eigenvalue weighted by atomic mass is 10.1. The van der Waals surface area contributed by atoms with Crippen molar-refractivity contribution in [3.8, 4) is 5.75 Å². The number of carbonyl (C=O) groups excluding carboxylic acids is 1. The van der Waals surface area contributed by atoms with Gasteiger partial charge in [-0.15, -0.1) is 0 Å². The SMILES string of the molecule is O=C(CCc1ccccc1Cl)Oc1ccc(Cl)cc1C(=O)O. The van der Waals surface area contributed by atoms with Crippen LogP contribution in [0.1, 0.15) is 22.3 Å². The topological polar surface area (TPSA) is 63.6 Å². The van der Waals surface area contributed by atoms with Crippen molar-refractivity contribution in [2.24, 2.45) is 0 Å². The van der Waals surface area contributed by atoms with Crippen molar-refractivity contribution in [1.82, 2.24) is 0 Å². The molecule has 4 nitrogen and oxygen atoms in total. The number of esters is 1. The molecule has 114 valence electrons. The second kappa shape index (κ2) is 7.29. The number of hydrogen-bond donors (Lipinski definition) is 1. The highest BCUT2D eigenvalue weighted by molar-refractivity contribution is 6.31. The second-order valence-electron chi connectivity index (χ2n) is 4.51. The zero-order valence-electron chi connectivity index (χ0n) is 11.4. The molecule has 0 saturated carbocycles. The predicted molar refractivity (Wildman–Crippen MR) is 83.8 cm³/mol. The summed E-state index contributed by atoms with van der Waals surface area (Å²) in [6.45, 7) is 0. The van der Waals surface area contributed by atoms with Gasteiger partial charge in [0.15, 0.2) is 0 Å². The van der Waals surface area contributed by atoms with E-state index in [1.54, 1.807) is 12.1 Å². The molecule has 0 amide bonds. The van der Waals surface area contributed by atoms with E-state index in [1.807, 2.05) is 12.1 Å².